The van der Waals surface area contributed by atoms with Crippen LogP contribution in [0.15, 0.2) is 24.3 Å². The van der Waals surface area contributed by atoms with E-state index < -0.39 is 16.9 Å². The van der Waals surface area contributed by atoms with Crippen molar-refractivity contribution in [3.8, 4) is 0 Å². The molecule has 0 aromatic carbocycles. The minimum absolute atomic E-state index is 0.441. The second-order valence-corrected chi connectivity index (χ2v) is 3.92. The van der Waals surface area contributed by atoms with Crippen molar-refractivity contribution in [2.45, 2.75) is 5.37 Å². The molecule has 1 rings (SSSR count). The zero-order valence-electron chi connectivity index (χ0n) is 8.14. The molecule has 0 aromatic rings. The summed E-state index contributed by atoms with van der Waals surface area (Å²) in [6.45, 7) is 3.29. The molecule has 14 heavy (non-hydrogen) atoms. The molecule has 4 nitrogen and oxygen atoms in total. The number of nitrogens with zero attached hydrogens (tertiary/aromatic N) is 2. The maximum Gasteiger partial charge on any atom is 0.237 e. The van der Waals surface area contributed by atoms with E-state index >= 15 is 0 Å². The lowest BCUT2D eigenvalue weighted by atomic mass is 10.2. The third-order valence-corrected chi connectivity index (χ3v) is 2.74. The molecule has 1 aliphatic rings. The van der Waals surface area contributed by atoms with Crippen LogP contribution in [0.4, 0.5) is 0 Å². The zero-order chi connectivity index (χ0) is 10.7. The number of rotatable bonds is 4. The smallest absolute Gasteiger partial charge is 0.237 e. The first kappa shape index (κ1) is 11.0. The molecular formula is C9H12N2O2S. The molecule has 1 unspecified atom stereocenters. The van der Waals surface area contributed by atoms with Crippen LogP contribution in [0.2, 0.25) is 0 Å². The summed E-state index contributed by atoms with van der Waals surface area (Å²) in [5.41, 5.74) is 0. The molecule has 0 amide bonds. The van der Waals surface area contributed by atoms with Gasteiger partial charge < -0.3 is 0 Å². The summed E-state index contributed by atoms with van der Waals surface area (Å²) in [6, 6.07) is 0. The van der Waals surface area contributed by atoms with Crippen LogP contribution in [-0.2, 0) is 9.59 Å². The van der Waals surface area contributed by atoms with Crippen LogP contribution in [0.1, 0.15) is 0 Å². The summed E-state index contributed by atoms with van der Waals surface area (Å²) < 4.78 is 0. The first-order valence-corrected chi connectivity index (χ1v) is 5.00. The molecule has 0 saturated heterocycles. The van der Waals surface area contributed by atoms with E-state index in [1.165, 1.54) is 11.8 Å². The van der Waals surface area contributed by atoms with Crippen molar-refractivity contribution in [1.29, 1.82) is 0 Å². The molecule has 1 atom stereocenters. The Morgan fingerprint density at radius 1 is 1.57 bits per heavy atom. The molecule has 0 saturated carbocycles. The Labute approximate surface area is 87.2 Å². The maximum atomic E-state index is 11.5. The molecule has 0 bridgehead atoms. The van der Waals surface area contributed by atoms with Crippen molar-refractivity contribution in [2.24, 2.45) is 0 Å². The lowest BCUT2D eigenvalue weighted by Gasteiger charge is -2.28. The van der Waals surface area contributed by atoms with Gasteiger partial charge >= 0.3 is 0 Å². The number of ketones is 2. The van der Waals surface area contributed by atoms with Crippen molar-refractivity contribution in [1.82, 2.24) is 10.0 Å². The van der Waals surface area contributed by atoms with Gasteiger partial charge in [-0.15, -0.1) is 0 Å². The third-order valence-electron chi connectivity index (χ3n) is 1.78. The molecule has 0 aromatic heterocycles. The quantitative estimate of drug-likeness (QED) is 0.505. The van der Waals surface area contributed by atoms with Gasteiger partial charge in [0.2, 0.25) is 11.6 Å². The number of Topliss-reactive ketones (excluding diaryl/α,β-unsaturated/α-hetero) is 1. The van der Waals surface area contributed by atoms with E-state index in [-0.39, 0.29) is 0 Å². The zero-order valence-corrected chi connectivity index (χ0v) is 8.95. The van der Waals surface area contributed by atoms with Gasteiger partial charge in [-0.05, 0) is 11.5 Å². The highest BCUT2D eigenvalue weighted by Gasteiger charge is 2.31. The normalized spacial score (nSPS) is 20.2. The highest BCUT2D eigenvalue weighted by Crippen LogP contribution is 2.26. The summed E-state index contributed by atoms with van der Waals surface area (Å²) >= 11 is 1.32. The molecule has 1 aliphatic heterocycles. The molecule has 0 radical (unpaired) electrons. The largest absolute Gasteiger partial charge is 0.292 e. The van der Waals surface area contributed by atoms with Crippen molar-refractivity contribution < 1.29 is 9.59 Å². The minimum atomic E-state index is -0.543. The Balaban J connectivity index is 2.74. The first-order chi connectivity index (χ1) is 6.57. The van der Waals surface area contributed by atoms with Gasteiger partial charge in [-0.1, -0.05) is 18.3 Å². The van der Waals surface area contributed by atoms with Crippen molar-refractivity contribution in [3.05, 3.63) is 24.3 Å². The Bertz CT molecular complexity index is 299. The van der Waals surface area contributed by atoms with Gasteiger partial charge in [-0.2, -0.15) is 0 Å². The average Bonchev–Trinajstić information content (AvgIpc) is 2.63. The van der Waals surface area contributed by atoms with Crippen LogP contribution in [-0.4, -0.2) is 41.1 Å². The molecule has 5 heteroatoms. The number of hydrazine groups is 1. The minimum Gasteiger partial charge on any atom is -0.292 e. The van der Waals surface area contributed by atoms with Gasteiger partial charge in [0.15, 0.2) is 5.37 Å². The standard InChI is InChI=1S/C9H12N2O2S/c1-4-7(12)8(13)9-11(10(2)3)5-6-14-9/h4-6,9H,1H2,2-3H3. The number of hydrogen-bond donors (Lipinski definition) is 0. The number of hydrogen-bond acceptors (Lipinski definition) is 5. The van der Waals surface area contributed by atoms with E-state index in [2.05, 4.69) is 6.58 Å². The number of carbonyl (C=O) groups excluding carboxylic acids is 2. The second kappa shape index (κ2) is 4.43. The molecule has 0 fully saturated rings. The molecule has 76 valence electrons. The predicted molar refractivity (Wildman–Crippen MR) is 56.3 cm³/mol. The van der Waals surface area contributed by atoms with E-state index in [0.29, 0.717) is 0 Å². The van der Waals surface area contributed by atoms with E-state index in [1.807, 2.05) is 14.1 Å². The van der Waals surface area contributed by atoms with Crippen LogP contribution in [0.25, 0.3) is 0 Å². The third kappa shape index (κ3) is 2.05. The van der Waals surface area contributed by atoms with Crippen LogP contribution >= 0.6 is 11.8 Å². The highest BCUT2D eigenvalue weighted by molar-refractivity contribution is 8.03. The van der Waals surface area contributed by atoms with Gasteiger partial charge in [-0.25, -0.2) is 5.01 Å². The molecule has 0 spiro atoms. The topological polar surface area (TPSA) is 40.6 Å². The summed E-state index contributed by atoms with van der Waals surface area (Å²) in [4.78, 5) is 22.7. The van der Waals surface area contributed by atoms with Crippen LogP contribution < -0.4 is 0 Å². The second-order valence-electron chi connectivity index (χ2n) is 2.93. The number of allylic oxidation sites excluding steroid dienone is 1. The van der Waals surface area contributed by atoms with E-state index in [9.17, 15) is 9.59 Å². The van der Waals surface area contributed by atoms with Gasteiger partial charge in [0.1, 0.15) is 0 Å². The molecule has 1 heterocycles. The Hall–Kier alpha value is -1.07. The maximum absolute atomic E-state index is 11.5. The Morgan fingerprint density at radius 3 is 2.71 bits per heavy atom. The molecule has 0 N–H and O–H groups in total. The number of thioether (sulfide) groups is 1. The first-order valence-electron chi connectivity index (χ1n) is 4.06. The Kier molecular flexibility index (Phi) is 3.49. The van der Waals surface area contributed by atoms with E-state index in [4.69, 9.17) is 0 Å². The average molecular weight is 212 g/mol. The Morgan fingerprint density at radius 2 is 2.21 bits per heavy atom. The highest BCUT2D eigenvalue weighted by atomic mass is 32.2. The van der Waals surface area contributed by atoms with Crippen molar-refractivity contribution in [2.75, 3.05) is 14.1 Å². The van der Waals surface area contributed by atoms with E-state index in [1.54, 1.807) is 21.6 Å². The van der Waals surface area contributed by atoms with Crippen LogP contribution in [0.3, 0.4) is 0 Å². The van der Waals surface area contributed by atoms with Crippen molar-refractivity contribution in [3.63, 3.8) is 0 Å². The van der Waals surface area contributed by atoms with Crippen LogP contribution in [0, 0.1) is 0 Å². The van der Waals surface area contributed by atoms with Crippen LogP contribution in [0.5, 0.6) is 0 Å². The predicted octanol–water partition coefficient (Wildman–Crippen LogP) is 0.633. The molecule has 0 aliphatic carbocycles. The SMILES string of the molecule is C=CC(=O)C(=O)C1SC=CN1N(C)C. The van der Waals surface area contributed by atoms with Gasteiger partial charge in [0, 0.05) is 20.3 Å². The summed E-state index contributed by atoms with van der Waals surface area (Å²) in [5.74, 6) is -0.984. The lowest BCUT2D eigenvalue weighted by molar-refractivity contribution is -0.136. The fraction of sp³-hybridized carbons (Fsp3) is 0.333. The fourth-order valence-corrected chi connectivity index (χ4v) is 2.03. The summed E-state index contributed by atoms with van der Waals surface area (Å²) in [7, 11) is 3.63. The lowest BCUT2D eigenvalue weighted by Crippen LogP contribution is -2.43. The number of carbonyl (C=O) groups is 2. The van der Waals surface area contributed by atoms with Gasteiger partial charge in [-0.3, -0.25) is 14.6 Å². The monoisotopic (exact) mass is 212 g/mol. The fourth-order valence-electron chi connectivity index (χ4n) is 1.06. The van der Waals surface area contributed by atoms with Crippen molar-refractivity contribution >= 4 is 23.3 Å². The van der Waals surface area contributed by atoms with E-state index in [0.717, 1.165) is 6.08 Å². The van der Waals surface area contributed by atoms with Gasteiger partial charge in [0.05, 0.1) is 0 Å². The summed E-state index contributed by atoms with van der Waals surface area (Å²) in [6.07, 6.45) is 2.82. The summed E-state index contributed by atoms with van der Waals surface area (Å²) in [5, 5.41) is 4.78. The molecular weight excluding hydrogens is 200 g/mol. The van der Waals surface area contributed by atoms with Gasteiger partial charge in [0.25, 0.3) is 0 Å².